The molecule has 0 radical (unpaired) electrons. The summed E-state index contributed by atoms with van der Waals surface area (Å²) in [7, 11) is -3.27. The summed E-state index contributed by atoms with van der Waals surface area (Å²) in [5, 5.41) is 0. The van der Waals surface area contributed by atoms with E-state index in [9.17, 15) is 13.2 Å². The number of amides is 1. The molecule has 0 saturated carbocycles. The fraction of sp³-hybridized carbons (Fsp3) is 0.733. The Hall–Kier alpha value is -1.37. The Balaban J connectivity index is 2.03. The second-order valence-corrected chi connectivity index (χ2v) is 8.02. The molecule has 7 heteroatoms. The third-order valence-electron chi connectivity index (χ3n) is 4.07. The number of aromatic nitrogens is 2. The Kier molecular flexibility index (Phi) is 5.61. The Morgan fingerprint density at radius 2 is 2.18 bits per heavy atom. The normalized spacial score (nSPS) is 19.4. The Morgan fingerprint density at radius 1 is 1.41 bits per heavy atom. The summed E-state index contributed by atoms with van der Waals surface area (Å²) in [5.74, 6) is 0.463. The van der Waals surface area contributed by atoms with Gasteiger partial charge in [-0.3, -0.25) is 4.79 Å². The zero-order valence-electron chi connectivity index (χ0n) is 13.4. The predicted molar refractivity (Wildman–Crippen MR) is 85.4 cm³/mol. The van der Waals surface area contributed by atoms with Gasteiger partial charge < -0.3 is 9.47 Å². The van der Waals surface area contributed by atoms with Crippen LogP contribution in [0.2, 0.25) is 0 Å². The van der Waals surface area contributed by atoms with Crippen LogP contribution in [0.25, 0.3) is 0 Å². The number of likely N-dealkylation sites (tertiary alicyclic amines) is 1. The highest BCUT2D eigenvalue weighted by atomic mass is 32.2. The van der Waals surface area contributed by atoms with Gasteiger partial charge in [0.15, 0.2) is 9.84 Å². The largest absolute Gasteiger partial charge is 0.340 e. The van der Waals surface area contributed by atoms with Crippen LogP contribution in [0.1, 0.15) is 45.0 Å². The van der Waals surface area contributed by atoms with Gasteiger partial charge in [0.2, 0.25) is 5.91 Å². The summed E-state index contributed by atoms with van der Waals surface area (Å²) in [6, 6.07) is 0.198. The van der Waals surface area contributed by atoms with Crippen LogP contribution in [-0.4, -0.2) is 53.4 Å². The van der Waals surface area contributed by atoms with E-state index in [2.05, 4.69) is 16.5 Å². The van der Waals surface area contributed by atoms with Crippen molar-refractivity contribution in [3.8, 4) is 0 Å². The SMILES string of the molecule is CCCS(=O)(=O)CC(=O)N1CCC[C@@H](n2ccnc2CC)C1. The van der Waals surface area contributed by atoms with Gasteiger partial charge >= 0.3 is 0 Å². The number of carbonyl (C=O) groups is 1. The highest BCUT2D eigenvalue weighted by Gasteiger charge is 2.28. The standard InChI is InChI=1S/C15H25N3O3S/c1-3-10-22(20,21)12-15(19)17-8-5-6-13(11-17)18-9-7-16-14(18)4-2/h7,9,13H,3-6,8,10-12H2,1-2H3/t13-/m1/s1. The van der Waals surface area contributed by atoms with Crippen LogP contribution in [0.5, 0.6) is 0 Å². The van der Waals surface area contributed by atoms with E-state index < -0.39 is 9.84 Å². The maximum Gasteiger partial charge on any atom is 0.237 e. The molecule has 2 rings (SSSR count). The van der Waals surface area contributed by atoms with Gasteiger partial charge in [0.05, 0.1) is 11.8 Å². The molecule has 0 N–H and O–H groups in total. The average molecular weight is 327 g/mol. The summed E-state index contributed by atoms with van der Waals surface area (Å²) in [4.78, 5) is 18.3. The number of nitrogens with zero attached hydrogens (tertiary/aromatic N) is 3. The molecule has 0 unspecified atom stereocenters. The second-order valence-electron chi connectivity index (χ2n) is 5.83. The first kappa shape index (κ1) is 17.0. The topological polar surface area (TPSA) is 72.3 Å². The van der Waals surface area contributed by atoms with Crippen molar-refractivity contribution in [3.63, 3.8) is 0 Å². The minimum absolute atomic E-state index is 0.0809. The average Bonchev–Trinajstić information content (AvgIpc) is 2.95. The molecule has 1 atom stereocenters. The lowest BCUT2D eigenvalue weighted by atomic mass is 10.1. The summed E-state index contributed by atoms with van der Waals surface area (Å²) in [6.45, 7) is 5.09. The fourth-order valence-electron chi connectivity index (χ4n) is 3.02. The van der Waals surface area contributed by atoms with Gasteiger partial charge in [0.1, 0.15) is 11.6 Å². The fourth-order valence-corrected chi connectivity index (χ4v) is 4.35. The van der Waals surface area contributed by atoms with E-state index in [1.165, 1.54) is 0 Å². The Morgan fingerprint density at radius 3 is 2.86 bits per heavy atom. The molecule has 0 bridgehead atoms. The molecule has 1 amide bonds. The van der Waals surface area contributed by atoms with Crippen molar-refractivity contribution < 1.29 is 13.2 Å². The first-order valence-electron chi connectivity index (χ1n) is 7.96. The number of hydrogen-bond donors (Lipinski definition) is 0. The van der Waals surface area contributed by atoms with E-state index >= 15 is 0 Å². The van der Waals surface area contributed by atoms with Crippen molar-refractivity contribution in [1.29, 1.82) is 0 Å². The van der Waals surface area contributed by atoms with E-state index in [1.807, 2.05) is 13.1 Å². The van der Waals surface area contributed by atoms with Gasteiger partial charge in [-0.1, -0.05) is 13.8 Å². The van der Waals surface area contributed by atoms with Crippen LogP contribution < -0.4 is 0 Å². The van der Waals surface area contributed by atoms with Crippen LogP contribution in [0.4, 0.5) is 0 Å². The van der Waals surface area contributed by atoms with E-state index in [1.54, 1.807) is 11.1 Å². The number of piperidine rings is 1. The van der Waals surface area contributed by atoms with Crippen LogP contribution in [-0.2, 0) is 21.1 Å². The van der Waals surface area contributed by atoms with E-state index in [0.29, 0.717) is 19.5 Å². The summed E-state index contributed by atoms with van der Waals surface area (Å²) < 4.78 is 25.8. The van der Waals surface area contributed by atoms with Gasteiger partial charge in [-0.2, -0.15) is 0 Å². The van der Waals surface area contributed by atoms with Crippen LogP contribution in [0.15, 0.2) is 12.4 Å². The highest BCUT2D eigenvalue weighted by Crippen LogP contribution is 2.23. The van der Waals surface area contributed by atoms with E-state index in [4.69, 9.17) is 0 Å². The van der Waals surface area contributed by atoms with Gasteiger partial charge in [-0.15, -0.1) is 0 Å². The number of carbonyl (C=O) groups excluding carboxylic acids is 1. The lowest BCUT2D eigenvalue weighted by Gasteiger charge is -2.34. The zero-order chi connectivity index (χ0) is 16.2. The van der Waals surface area contributed by atoms with Gasteiger partial charge in [-0.05, 0) is 19.3 Å². The molecule has 6 nitrogen and oxygen atoms in total. The van der Waals surface area contributed by atoms with Crippen molar-refractivity contribution in [2.24, 2.45) is 0 Å². The molecule has 1 aliphatic rings. The predicted octanol–water partition coefficient (Wildman–Crippen LogP) is 1.43. The number of sulfone groups is 1. The number of rotatable bonds is 6. The quantitative estimate of drug-likeness (QED) is 0.792. The van der Waals surface area contributed by atoms with Crippen molar-refractivity contribution in [2.45, 2.75) is 45.6 Å². The third-order valence-corrected chi connectivity index (χ3v) is 5.78. The smallest absolute Gasteiger partial charge is 0.237 e. The highest BCUT2D eigenvalue weighted by molar-refractivity contribution is 7.92. The Bertz CT molecular complexity index is 609. The van der Waals surface area contributed by atoms with Crippen molar-refractivity contribution in [3.05, 3.63) is 18.2 Å². The molecule has 1 aromatic heterocycles. The monoisotopic (exact) mass is 327 g/mol. The van der Waals surface area contributed by atoms with Crippen molar-refractivity contribution >= 4 is 15.7 Å². The van der Waals surface area contributed by atoms with Crippen LogP contribution >= 0.6 is 0 Å². The van der Waals surface area contributed by atoms with Crippen molar-refractivity contribution in [1.82, 2.24) is 14.5 Å². The van der Waals surface area contributed by atoms with Crippen LogP contribution in [0.3, 0.4) is 0 Å². The number of hydrogen-bond acceptors (Lipinski definition) is 4. The molecule has 2 heterocycles. The Labute approximate surface area is 132 Å². The minimum Gasteiger partial charge on any atom is -0.340 e. The molecule has 124 valence electrons. The lowest BCUT2D eigenvalue weighted by Crippen LogP contribution is -2.43. The summed E-state index contributed by atoms with van der Waals surface area (Å²) in [6.07, 6.45) is 7.02. The van der Waals surface area contributed by atoms with Crippen molar-refractivity contribution in [2.75, 3.05) is 24.6 Å². The van der Waals surface area contributed by atoms with Gasteiger partial charge in [0.25, 0.3) is 0 Å². The maximum atomic E-state index is 12.3. The molecule has 1 saturated heterocycles. The second kappa shape index (κ2) is 7.26. The van der Waals surface area contributed by atoms with E-state index in [-0.39, 0.29) is 23.5 Å². The molecular formula is C15H25N3O3S. The molecule has 22 heavy (non-hydrogen) atoms. The maximum absolute atomic E-state index is 12.3. The first-order valence-corrected chi connectivity index (χ1v) is 9.79. The third kappa shape index (κ3) is 4.09. The molecule has 1 fully saturated rings. The van der Waals surface area contributed by atoms with Crippen LogP contribution in [0, 0.1) is 0 Å². The number of imidazole rings is 1. The molecule has 1 aromatic rings. The van der Waals surface area contributed by atoms with E-state index in [0.717, 1.165) is 25.1 Å². The molecule has 0 aliphatic carbocycles. The molecular weight excluding hydrogens is 302 g/mol. The molecule has 0 aromatic carbocycles. The molecule has 1 aliphatic heterocycles. The zero-order valence-corrected chi connectivity index (χ0v) is 14.2. The summed E-state index contributed by atoms with van der Waals surface area (Å²) >= 11 is 0. The summed E-state index contributed by atoms with van der Waals surface area (Å²) in [5.41, 5.74) is 0. The molecule has 0 spiro atoms. The lowest BCUT2D eigenvalue weighted by molar-refractivity contribution is -0.130. The first-order chi connectivity index (χ1) is 10.5. The number of aryl methyl sites for hydroxylation is 1. The van der Waals surface area contributed by atoms with Gasteiger partial charge in [-0.25, -0.2) is 13.4 Å². The minimum atomic E-state index is -3.27. The van der Waals surface area contributed by atoms with Gasteiger partial charge in [0, 0.05) is 31.9 Å².